The summed E-state index contributed by atoms with van der Waals surface area (Å²) in [6.45, 7) is 5.84. The fourth-order valence-corrected chi connectivity index (χ4v) is 3.62. The van der Waals surface area contributed by atoms with E-state index in [-0.39, 0.29) is 11.9 Å². The Labute approximate surface area is 126 Å². The van der Waals surface area contributed by atoms with Gasteiger partial charge in [0.25, 0.3) is 0 Å². The van der Waals surface area contributed by atoms with Crippen molar-refractivity contribution in [1.82, 2.24) is 4.72 Å². The lowest BCUT2D eigenvalue weighted by atomic mass is 10.0. The first-order valence-corrected chi connectivity index (χ1v) is 8.84. The molecular weight excluding hydrogens is 290 g/mol. The summed E-state index contributed by atoms with van der Waals surface area (Å²) >= 11 is 0. The lowest BCUT2D eigenvalue weighted by Gasteiger charge is -2.22. The summed E-state index contributed by atoms with van der Waals surface area (Å²) in [6, 6.07) is 6.21. The highest BCUT2D eigenvalue weighted by atomic mass is 32.2. The van der Waals surface area contributed by atoms with E-state index in [0.717, 1.165) is 0 Å². The maximum atomic E-state index is 12.0. The van der Waals surface area contributed by atoms with E-state index in [1.54, 1.807) is 0 Å². The smallest absolute Gasteiger partial charge is 0.214 e. The van der Waals surface area contributed by atoms with Gasteiger partial charge in [0, 0.05) is 6.54 Å². The average molecular weight is 313 g/mol. The van der Waals surface area contributed by atoms with Crippen LogP contribution in [0.4, 0.5) is 0 Å². The molecule has 1 N–H and O–H groups in total. The zero-order valence-corrected chi connectivity index (χ0v) is 13.4. The molecule has 0 saturated carbocycles. The molecule has 0 radical (unpaired) electrons. The van der Waals surface area contributed by atoms with Crippen LogP contribution >= 0.6 is 0 Å². The van der Waals surface area contributed by atoms with Crippen molar-refractivity contribution in [2.75, 3.05) is 32.1 Å². The van der Waals surface area contributed by atoms with Crippen molar-refractivity contribution >= 4 is 10.0 Å². The Morgan fingerprint density at radius 3 is 2.76 bits per heavy atom. The van der Waals surface area contributed by atoms with Gasteiger partial charge in [0.15, 0.2) is 0 Å². The molecule has 21 heavy (non-hydrogen) atoms. The van der Waals surface area contributed by atoms with Crippen LogP contribution in [0.1, 0.15) is 16.7 Å². The number of aryl methyl sites for hydroxylation is 2. The van der Waals surface area contributed by atoms with Crippen molar-refractivity contribution in [2.24, 2.45) is 0 Å². The molecule has 0 amide bonds. The van der Waals surface area contributed by atoms with E-state index in [4.69, 9.17) is 9.47 Å². The zero-order chi connectivity index (χ0) is 15.3. The van der Waals surface area contributed by atoms with Gasteiger partial charge in [-0.2, -0.15) is 0 Å². The molecule has 1 aliphatic heterocycles. The molecular formula is C15H23NO4S. The molecule has 0 aromatic heterocycles. The largest absolute Gasteiger partial charge is 0.376 e. The van der Waals surface area contributed by atoms with E-state index in [0.29, 0.717) is 32.8 Å². The fourth-order valence-electron chi connectivity index (χ4n) is 2.40. The van der Waals surface area contributed by atoms with Crippen LogP contribution in [-0.4, -0.2) is 46.6 Å². The fraction of sp³-hybridized carbons (Fsp3) is 0.600. The van der Waals surface area contributed by atoms with Crippen LogP contribution < -0.4 is 4.72 Å². The van der Waals surface area contributed by atoms with E-state index < -0.39 is 10.0 Å². The molecule has 118 valence electrons. The van der Waals surface area contributed by atoms with Gasteiger partial charge >= 0.3 is 0 Å². The van der Waals surface area contributed by atoms with Crippen LogP contribution in [-0.2, 0) is 25.9 Å². The van der Waals surface area contributed by atoms with Gasteiger partial charge in [-0.3, -0.25) is 0 Å². The molecule has 0 spiro atoms. The number of hydrogen-bond acceptors (Lipinski definition) is 4. The monoisotopic (exact) mass is 313 g/mol. The third kappa shape index (κ3) is 5.39. The van der Waals surface area contributed by atoms with E-state index in [2.05, 4.69) is 16.9 Å². The second-order valence-corrected chi connectivity index (χ2v) is 7.27. The summed E-state index contributed by atoms with van der Waals surface area (Å²) in [4.78, 5) is 0. The topological polar surface area (TPSA) is 64.6 Å². The summed E-state index contributed by atoms with van der Waals surface area (Å²) in [5, 5.41) is 0. The third-order valence-electron chi connectivity index (χ3n) is 3.50. The normalized spacial score (nSPS) is 19.6. The van der Waals surface area contributed by atoms with Crippen LogP contribution in [0.15, 0.2) is 18.2 Å². The highest BCUT2D eigenvalue weighted by Gasteiger charge is 2.22. The second-order valence-electron chi connectivity index (χ2n) is 5.42. The first kappa shape index (κ1) is 16.4. The van der Waals surface area contributed by atoms with Crippen LogP contribution in [0.2, 0.25) is 0 Å². The summed E-state index contributed by atoms with van der Waals surface area (Å²) in [5.41, 5.74) is 3.57. The molecule has 1 heterocycles. The SMILES string of the molecule is Cc1ccc(CCNS(=O)(=O)CC2COCCO2)c(C)c1. The van der Waals surface area contributed by atoms with Crippen molar-refractivity contribution in [3.05, 3.63) is 34.9 Å². The standard InChI is InChI=1S/C15H23NO4S/c1-12-3-4-14(13(2)9-12)5-6-16-21(17,18)11-15-10-19-7-8-20-15/h3-4,9,15-16H,5-8,10-11H2,1-2H3. The predicted octanol–water partition coefficient (Wildman–Crippen LogP) is 1.18. The van der Waals surface area contributed by atoms with Crippen molar-refractivity contribution in [1.29, 1.82) is 0 Å². The lowest BCUT2D eigenvalue weighted by Crippen LogP contribution is -2.39. The van der Waals surface area contributed by atoms with E-state index in [1.807, 2.05) is 19.9 Å². The van der Waals surface area contributed by atoms with Gasteiger partial charge in [-0.25, -0.2) is 13.1 Å². The Hall–Kier alpha value is -0.950. The first-order chi connectivity index (χ1) is 9.96. The highest BCUT2D eigenvalue weighted by molar-refractivity contribution is 7.89. The molecule has 1 aromatic carbocycles. The Morgan fingerprint density at radius 1 is 1.29 bits per heavy atom. The summed E-state index contributed by atoms with van der Waals surface area (Å²) < 4.78 is 37.2. The molecule has 2 rings (SSSR count). The molecule has 1 unspecified atom stereocenters. The Kier molecular flexibility index (Phi) is 5.75. The van der Waals surface area contributed by atoms with Crippen molar-refractivity contribution in [2.45, 2.75) is 26.4 Å². The van der Waals surface area contributed by atoms with Crippen molar-refractivity contribution in [3.8, 4) is 0 Å². The van der Waals surface area contributed by atoms with Gasteiger partial charge in [0.05, 0.1) is 31.7 Å². The Morgan fingerprint density at radius 2 is 2.10 bits per heavy atom. The van der Waals surface area contributed by atoms with Crippen LogP contribution in [0.5, 0.6) is 0 Å². The molecule has 1 atom stereocenters. The number of ether oxygens (including phenoxy) is 2. The van der Waals surface area contributed by atoms with Gasteiger partial charge in [-0.15, -0.1) is 0 Å². The molecule has 1 saturated heterocycles. The van der Waals surface area contributed by atoms with Crippen LogP contribution in [0.25, 0.3) is 0 Å². The molecule has 5 nitrogen and oxygen atoms in total. The molecule has 0 aliphatic carbocycles. The van der Waals surface area contributed by atoms with Gasteiger partial charge in [0.1, 0.15) is 0 Å². The minimum absolute atomic E-state index is 0.0418. The average Bonchev–Trinajstić information content (AvgIpc) is 2.42. The number of sulfonamides is 1. The van der Waals surface area contributed by atoms with Gasteiger partial charge < -0.3 is 9.47 Å². The van der Waals surface area contributed by atoms with Crippen LogP contribution in [0.3, 0.4) is 0 Å². The number of hydrogen-bond donors (Lipinski definition) is 1. The number of rotatable bonds is 6. The van der Waals surface area contributed by atoms with Crippen molar-refractivity contribution < 1.29 is 17.9 Å². The van der Waals surface area contributed by atoms with Gasteiger partial charge in [-0.05, 0) is 31.4 Å². The molecule has 1 aromatic rings. The zero-order valence-electron chi connectivity index (χ0n) is 12.6. The minimum Gasteiger partial charge on any atom is -0.376 e. The van der Waals surface area contributed by atoms with Crippen molar-refractivity contribution in [3.63, 3.8) is 0 Å². The van der Waals surface area contributed by atoms with E-state index in [9.17, 15) is 8.42 Å². The third-order valence-corrected chi connectivity index (χ3v) is 4.96. The maximum Gasteiger partial charge on any atom is 0.214 e. The molecule has 1 aliphatic rings. The lowest BCUT2D eigenvalue weighted by molar-refractivity contribution is -0.0782. The molecule has 0 bridgehead atoms. The summed E-state index contributed by atoms with van der Waals surface area (Å²) in [7, 11) is -3.33. The number of nitrogens with one attached hydrogen (secondary N) is 1. The van der Waals surface area contributed by atoms with Gasteiger partial charge in [-0.1, -0.05) is 23.8 Å². The molecule has 1 fully saturated rings. The summed E-state index contributed by atoms with van der Waals surface area (Å²) in [6.07, 6.45) is 0.324. The van der Waals surface area contributed by atoms with Crippen LogP contribution in [0, 0.1) is 13.8 Å². The second kappa shape index (κ2) is 7.35. The Balaban J connectivity index is 1.81. The minimum atomic E-state index is -3.33. The van der Waals surface area contributed by atoms with E-state index in [1.165, 1.54) is 16.7 Å². The Bertz CT molecular complexity index is 565. The van der Waals surface area contributed by atoms with E-state index >= 15 is 0 Å². The maximum absolute atomic E-state index is 12.0. The first-order valence-electron chi connectivity index (χ1n) is 7.19. The predicted molar refractivity (Wildman–Crippen MR) is 82.0 cm³/mol. The summed E-state index contributed by atoms with van der Waals surface area (Å²) in [5.74, 6) is -0.0418. The highest BCUT2D eigenvalue weighted by Crippen LogP contribution is 2.11. The van der Waals surface area contributed by atoms with Gasteiger partial charge in [0.2, 0.25) is 10.0 Å². The molecule has 6 heteroatoms. The quantitative estimate of drug-likeness (QED) is 0.856. The number of benzene rings is 1.